The second kappa shape index (κ2) is 6.70. The molecule has 1 amide bonds. The summed E-state index contributed by atoms with van der Waals surface area (Å²) in [5.74, 6) is 0.234. The van der Waals surface area contributed by atoms with Gasteiger partial charge in [-0.15, -0.1) is 0 Å². The molecule has 0 bridgehead atoms. The largest absolute Gasteiger partial charge is 0.335 e. The van der Waals surface area contributed by atoms with Crippen molar-refractivity contribution in [1.82, 2.24) is 4.90 Å². The van der Waals surface area contributed by atoms with Crippen LogP contribution < -0.4 is 0 Å². The normalized spacial score (nSPS) is 18.9. The van der Waals surface area contributed by atoms with E-state index in [1.165, 1.54) is 0 Å². The molecular weight excluding hydrogens is 365 g/mol. The zero-order valence-corrected chi connectivity index (χ0v) is 14.1. The number of Topliss-reactive ketones (excluding diaryl/α,β-unsaturated/α-hetero) is 1. The lowest BCUT2D eigenvalue weighted by Gasteiger charge is -2.35. The second-order valence-corrected chi connectivity index (χ2v) is 6.57. The van der Waals surface area contributed by atoms with Gasteiger partial charge < -0.3 is 4.90 Å². The average Bonchev–Trinajstić information content (AvgIpc) is 2.41. The molecule has 0 aliphatic carbocycles. The minimum atomic E-state index is 0.0732. The van der Waals surface area contributed by atoms with Crippen molar-refractivity contribution in [2.75, 3.05) is 6.54 Å². The Kier molecular flexibility index (Phi) is 5.18. The fourth-order valence-corrected chi connectivity index (χ4v) is 3.37. The first kappa shape index (κ1) is 15.5. The maximum atomic E-state index is 12.8. The molecule has 1 saturated heterocycles. The Balaban J connectivity index is 2.25. The maximum Gasteiger partial charge on any atom is 0.255 e. The van der Waals surface area contributed by atoms with Crippen LogP contribution >= 0.6 is 22.6 Å². The third-order valence-corrected chi connectivity index (χ3v) is 5.27. The summed E-state index contributed by atoms with van der Waals surface area (Å²) in [6, 6.07) is 5.90. The van der Waals surface area contributed by atoms with Crippen molar-refractivity contribution in [3.8, 4) is 0 Å². The number of carbonyl (C=O) groups is 2. The number of benzene rings is 1. The van der Waals surface area contributed by atoms with E-state index in [4.69, 9.17) is 0 Å². The lowest BCUT2D eigenvalue weighted by Crippen LogP contribution is -2.44. The standard InChI is InChI=1S/C16H20INO2/c1-11-6-5-8-14(15(11)17)16(20)18-9-4-3-7-13(18)10-12(2)19/h5-6,8,13H,3-4,7,9-10H2,1-2H3. The van der Waals surface area contributed by atoms with Crippen molar-refractivity contribution in [2.24, 2.45) is 0 Å². The van der Waals surface area contributed by atoms with E-state index in [9.17, 15) is 9.59 Å². The number of amides is 1. The number of aryl methyl sites for hydroxylation is 1. The predicted molar refractivity (Wildman–Crippen MR) is 87.9 cm³/mol. The molecule has 1 fully saturated rings. The molecule has 2 rings (SSSR count). The van der Waals surface area contributed by atoms with E-state index < -0.39 is 0 Å². The van der Waals surface area contributed by atoms with Crippen molar-refractivity contribution >= 4 is 34.3 Å². The highest BCUT2D eigenvalue weighted by Gasteiger charge is 2.29. The molecule has 20 heavy (non-hydrogen) atoms. The average molecular weight is 385 g/mol. The van der Waals surface area contributed by atoms with Gasteiger partial charge in [0.1, 0.15) is 5.78 Å². The molecule has 1 unspecified atom stereocenters. The van der Waals surface area contributed by atoms with Crippen LogP contribution in [0.3, 0.4) is 0 Å². The van der Waals surface area contributed by atoms with Gasteiger partial charge in [0.2, 0.25) is 0 Å². The monoisotopic (exact) mass is 385 g/mol. The molecule has 3 nitrogen and oxygen atoms in total. The van der Waals surface area contributed by atoms with Crippen LogP contribution in [0.25, 0.3) is 0 Å². The Hall–Kier alpha value is -0.910. The van der Waals surface area contributed by atoms with E-state index in [2.05, 4.69) is 22.6 Å². The molecule has 0 spiro atoms. The van der Waals surface area contributed by atoms with Crippen LogP contribution in [0.5, 0.6) is 0 Å². The first-order chi connectivity index (χ1) is 9.50. The van der Waals surface area contributed by atoms with Gasteiger partial charge in [-0.3, -0.25) is 9.59 Å². The molecule has 0 radical (unpaired) electrons. The Labute approximate surface area is 133 Å². The quantitative estimate of drug-likeness (QED) is 0.746. The smallest absolute Gasteiger partial charge is 0.255 e. The first-order valence-corrected chi connectivity index (χ1v) is 8.14. The summed E-state index contributed by atoms with van der Waals surface area (Å²) in [6.45, 7) is 4.39. The van der Waals surface area contributed by atoms with Crippen LogP contribution in [0.4, 0.5) is 0 Å². The van der Waals surface area contributed by atoms with E-state index >= 15 is 0 Å². The molecule has 0 N–H and O–H groups in total. The summed E-state index contributed by atoms with van der Waals surface area (Å²) < 4.78 is 1.02. The Bertz CT molecular complexity index is 527. The summed E-state index contributed by atoms with van der Waals surface area (Å²) in [4.78, 5) is 26.1. The van der Waals surface area contributed by atoms with Gasteiger partial charge in [0, 0.05) is 22.6 Å². The number of nitrogens with zero attached hydrogens (tertiary/aromatic N) is 1. The third kappa shape index (κ3) is 3.40. The summed E-state index contributed by atoms with van der Waals surface area (Å²) in [5.41, 5.74) is 1.89. The number of piperidine rings is 1. The van der Waals surface area contributed by atoms with Crippen molar-refractivity contribution in [3.63, 3.8) is 0 Å². The van der Waals surface area contributed by atoms with Crippen molar-refractivity contribution in [3.05, 3.63) is 32.9 Å². The van der Waals surface area contributed by atoms with E-state index in [0.717, 1.165) is 40.5 Å². The van der Waals surface area contributed by atoms with Gasteiger partial charge >= 0.3 is 0 Å². The minimum absolute atomic E-state index is 0.0732. The first-order valence-electron chi connectivity index (χ1n) is 7.06. The highest BCUT2D eigenvalue weighted by molar-refractivity contribution is 14.1. The molecule has 108 valence electrons. The molecule has 1 atom stereocenters. The third-order valence-electron chi connectivity index (χ3n) is 3.83. The van der Waals surface area contributed by atoms with Crippen LogP contribution in [0, 0.1) is 10.5 Å². The van der Waals surface area contributed by atoms with Crippen molar-refractivity contribution in [2.45, 2.75) is 45.6 Å². The lowest BCUT2D eigenvalue weighted by molar-refractivity contribution is -0.118. The number of carbonyl (C=O) groups excluding carboxylic acids is 2. The van der Waals surface area contributed by atoms with Gasteiger partial charge in [-0.1, -0.05) is 12.1 Å². The molecule has 1 aliphatic rings. The summed E-state index contributed by atoms with van der Waals surface area (Å²) in [7, 11) is 0. The van der Waals surface area contributed by atoms with Crippen molar-refractivity contribution < 1.29 is 9.59 Å². The van der Waals surface area contributed by atoms with Crippen molar-refractivity contribution in [1.29, 1.82) is 0 Å². The highest BCUT2D eigenvalue weighted by atomic mass is 127. The van der Waals surface area contributed by atoms with Gasteiger partial charge in [0.05, 0.1) is 5.56 Å². The van der Waals surface area contributed by atoms with Crippen LogP contribution in [-0.4, -0.2) is 29.2 Å². The predicted octanol–water partition coefficient (Wildman–Crippen LogP) is 3.57. The van der Waals surface area contributed by atoms with Gasteiger partial charge in [-0.25, -0.2) is 0 Å². The number of ketones is 1. The lowest BCUT2D eigenvalue weighted by atomic mass is 9.96. The van der Waals surface area contributed by atoms with E-state index in [1.54, 1.807) is 6.92 Å². The molecule has 1 aromatic rings. The van der Waals surface area contributed by atoms with E-state index in [0.29, 0.717) is 6.42 Å². The fraction of sp³-hybridized carbons (Fsp3) is 0.500. The van der Waals surface area contributed by atoms with Crippen LogP contribution in [0.15, 0.2) is 18.2 Å². The zero-order valence-electron chi connectivity index (χ0n) is 12.0. The molecule has 1 aliphatic heterocycles. The van der Waals surface area contributed by atoms with Gasteiger partial charge in [0.25, 0.3) is 5.91 Å². The second-order valence-electron chi connectivity index (χ2n) is 5.49. The summed E-state index contributed by atoms with van der Waals surface area (Å²) in [5, 5.41) is 0. The zero-order chi connectivity index (χ0) is 14.7. The Morgan fingerprint density at radius 1 is 1.35 bits per heavy atom. The van der Waals surface area contributed by atoms with Crippen LogP contribution in [-0.2, 0) is 4.79 Å². The number of rotatable bonds is 3. The molecule has 1 heterocycles. The molecule has 4 heteroatoms. The van der Waals surface area contributed by atoms with Gasteiger partial charge in [-0.2, -0.15) is 0 Å². The van der Waals surface area contributed by atoms with E-state index in [-0.39, 0.29) is 17.7 Å². The minimum Gasteiger partial charge on any atom is -0.335 e. The number of hydrogen-bond acceptors (Lipinski definition) is 2. The summed E-state index contributed by atoms with van der Waals surface area (Å²) >= 11 is 2.23. The van der Waals surface area contributed by atoms with Crippen LogP contribution in [0.1, 0.15) is 48.5 Å². The Morgan fingerprint density at radius 3 is 2.80 bits per heavy atom. The number of likely N-dealkylation sites (tertiary alicyclic amines) is 1. The molecule has 0 aromatic heterocycles. The summed E-state index contributed by atoms with van der Waals surface area (Å²) in [6.07, 6.45) is 3.55. The number of halogens is 1. The SMILES string of the molecule is CC(=O)CC1CCCCN1C(=O)c1cccc(C)c1I. The fourth-order valence-electron chi connectivity index (χ4n) is 2.78. The Morgan fingerprint density at radius 2 is 2.10 bits per heavy atom. The molecular formula is C16H20INO2. The number of hydrogen-bond donors (Lipinski definition) is 0. The highest BCUT2D eigenvalue weighted by Crippen LogP contribution is 2.25. The van der Waals surface area contributed by atoms with Crippen LogP contribution in [0.2, 0.25) is 0 Å². The maximum absolute atomic E-state index is 12.8. The molecule has 1 aromatic carbocycles. The van der Waals surface area contributed by atoms with E-state index in [1.807, 2.05) is 30.0 Å². The van der Waals surface area contributed by atoms with Gasteiger partial charge in [0.15, 0.2) is 0 Å². The van der Waals surface area contributed by atoms with Gasteiger partial charge in [-0.05, 0) is 67.3 Å². The molecule has 0 saturated carbocycles. The topological polar surface area (TPSA) is 37.4 Å².